The van der Waals surface area contributed by atoms with Crippen LogP contribution in [0.15, 0.2) is 42.7 Å². The van der Waals surface area contributed by atoms with E-state index < -0.39 is 0 Å². The average molecular weight is 340 g/mol. The number of rotatable bonds is 6. The molecule has 1 aromatic carbocycles. The zero-order valence-electron chi connectivity index (χ0n) is 14.8. The first kappa shape index (κ1) is 17.2. The van der Waals surface area contributed by atoms with Gasteiger partial charge in [0.15, 0.2) is 0 Å². The maximum absolute atomic E-state index is 6.08. The van der Waals surface area contributed by atoms with Crippen LogP contribution in [0.25, 0.3) is 11.0 Å². The fraction of sp³-hybridized carbons (Fsp3) is 0.368. The van der Waals surface area contributed by atoms with E-state index in [4.69, 9.17) is 15.2 Å². The van der Waals surface area contributed by atoms with Gasteiger partial charge in [-0.15, -0.1) is 0 Å². The molecule has 2 aromatic heterocycles. The summed E-state index contributed by atoms with van der Waals surface area (Å²) < 4.78 is 11.4. The number of nitrogens with one attached hydrogen (secondary N) is 1. The van der Waals surface area contributed by atoms with Gasteiger partial charge in [0.05, 0.1) is 23.3 Å². The molecule has 0 bridgehead atoms. The second-order valence-electron chi connectivity index (χ2n) is 7.10. The summed E-state index contributed by atoms with van der Waals surface area (Å²) in [6, 6.07) is 9.96. The minimum Gasteiger partial charge on any atom is -0.490 e. The first-order chi connectivity index (χ1) is 11.9. The van der Waals surface area contributed by atoms with Gasteiger partial charge in [-0.3, -0.25) is 4.98 Å². The van der Waals surface area contributed by atoms with Crippen LogP contribution in [-0.2, 0) is 5.41 Å². The predicted octanol–water partition coefficient (Wildman–Crippen LogP) is 3.04. The van der Waals surface area contributed by atoms with Crippen molar-refractivity contribution in [2.24, 2.45) is 5.73 Å². The Kier molecular flexibility index (Phi) is 4.90. The Morgan fingerprint density at radius 3 is 2.64 bits per heavy atom. The number of aromatic amines is 1. The number of nitrogens with zero attached hydrogens (tertiary/aromatic N) is 2. The van der Waals surface area contributed by atoms with Crippen molar-refractivity contribution in [2.75, 3.05) is 13.2 Å². The van der Waals surface area contributed by atoms with E-state index in [0.717, 1.165) is 16.6 Å². The summed E-state index contributed by atoms with van der Waals surface area (Å²) in [6.45, 7) is 7.07. The molecule has 3 N–H and O–H groups in total. The number of para-hydroxylation sites is 2. The van der Waals surface area contributed by atoms with Crippen LogP contribution < -0.4 is 15.2 Å². The molecule has 0 unspecified atom stereocenters. The van der Waals surface area contributed by atoms with Crippen molar-refractivity contribution in [3.63, 3.8) is 0 Å². The molecule has 0 spiro atoms. The molecule has 132 valence electrons. The Morgan fingerprint density at radius 2 is 1.88 bits per heavy atom. The second-order valence-corrected chi connectivity index (χ2v) is 7.10. The summed E-state index contributed by atoms with van der Waals surface area (Å²) >= 11 is 0. The number of fused-ring (bicyclic) bond motifs is 1. The van der Waals surface area contributed by atoms with E-state index in [0.29, 0.717) is 25.0 Å². The van der Waals surface area contributed by atoms with E-state index in [1.165, 1.54) is 0 Å². The van der Waals surface area contributed by atoms with E-state index in [1.54, 1.807) is 6.20 Å². The standard InChI is InChI=1S/C19H24N4O2/c1-19(2,3)13-8-15(10-21-9-13)24-11-14(20)12-25-18-22-16-6-4-5-7-17(16)23-18/h4-10,14H,11-12,20H2,1-3H3,(H,22,23)/t14-/m1/s1. The number of pyridine rings is 1. The topological polar surface area (TPSA) is 86.1 Å². The highest BCUT2D eigenvalue weighted by Gasteiger charge is 2.15. The van der Waals surface area contributed by atoms with E-state index in [-0.39, 0.29) is 11.5 Å². The van der Waals surface area contributed by atoms with E-state index in [2.05, 4.69) is 35.7 Å². The molecule has 0 aliphatic carbocycles. The fourth-order valence-electron chi connectivity index (χ4n) is 2.34. The van der Waals surface area contributed by atoms with Crippen molar-refractivity contribution in [3.05, 3.63) is 48.3 Å². The number of hydrogen-bond donors (Lipinski definition) is 2. The Bertz CT molecular complexity index is 806. The lowest BCUT2D eigenvalue weighted by molar-refractivity contribution is 0.211. The number of imidazole rings is 1. The molecule has 0 aliphatic rings. The van der Waals surface area contributed by atoms with Gasteiger partial charge in [-0.2, -0.15) is 4.98 Å². The Balaban J connectivity index is 1.52. The minimum atomic E-state index is -0.272. The van der Waals surface area contributed by atoms with Crippen molar-refractivity contribution >= 4 is 11.0 Å². The lowest BCUT2D eigenvalue weighted by atomic mass is 9.88. The summed E-state index contributed by atoms with van der Waals surface area (Å²) in [5.74, 6) is 0.714. The van der Waals surface area contributed by atoms with Crippen LogP contribution >= 0.6 is 0 Å². The quantitative estimate of drug-likeness (QED) is 0.720. The highest BCUT2D eigenvalue weighted by molar-refractivity contribution is 5.75. The van der Waals surface area contributed by atoms with Crippen LogP contribution in [0.3, 0.4) is 0 Å². The Labute approximate surface area is 147 Å². The molecule has 6 nitrogen and oxygen atoms in total. The number of nitrogens with two attached hydrogens (primary N) is 1. The largest absolute Gasteiger partial charge is 0.490 e. The van der Waals surface area contributed by atoms with E-state index in [1.807, 2.05) is 36.5 Å². The Morgan fingerprint density at radius 1 is 1.12 bits per heavy atom. The number of benzene rings is 1. The maximum atomic E-state index is 6.08. The van der Waals surface area contributed by atoms with Gasteiger partial charge in [0.25, 0.3) is 6.01 Å². The number of aromatic nitrogens is 3. The molecule has 3 aromatic rings. The van der Waals surface area contributed by atoms with Gasteiger partial charge < -0.3 is 20.2 Å². The van der Waals surface area contributed by atoms with Crippen LogP contribution in [0.2, 0.25) is 0 Å². The van der Waals surface area contributed by atoms with Crippen LogP contribution in [0.4, 0.5) is 0 Å². The molecule has 0 saturated carbocycles. The van der Waals surface area contributed by atoms with Crippen molar-refractivity contribution in [1.82, 2.24) is 15.0 Å². The number of ether oxygens (including phenoxy) is 2. The Hall–Kier alpha value is -2.60. The van der Waals surface area contributed by atoms with Crippen molar-refractivity contribution in [2.45, 2.75) is 32.2 Å². The third-order valence-electron chi connectivity index (χ3n) is 3.85. The van der Waals surface area contributed by atoms with Gasteiger partial charge >= 0.3 is 0 Å². The van der Waals surface area contributed by atoms with Crippen molar-refractivity contribution in [3.8, 4) is 11.8 Å². The van der Waals surface area contributed by atoms with Crippen molar-refractivity contribution < 1.29 is 9.47 Å². The minimum absolute atomic E-state index is 0.0267. The van der Waals surface area contributed by atoms with Gasteiger partial charge in [0.1, 0.15) is 19.0 Å². The van der Waals surface area contributed by atoms with Gasteiger partial charge in [0.2, 0.25) is 0 Å². The fourth-order valence-corrected chi connectivity index (χ4v) is 2.34. The van der Waals surface area contributed by atoms with E-state index >= 15 is 0 Å². The highest BCUT2D eigenvalue weighted by Crippen LogP contribution is 2.24. The number of H-pyrrole nitrogens is 1. The van der Waals surface area contributed by atoms with Gasteiger partial charge in [0, 0.05) is 6.20 Å². The molecular weight excluding hydrogens is 316 g/mol. The summed E-state index contributed by atoms with van der Waals surface area (Å²) in [5, 5.41) is 0. The van der Waals surface area contributed by atoms with Crippen molar-refractivity contribution in [1.29, 1.82) is 0 Å². The smallest absolute Gasteiger partial charge is 0.294 e. The van der Waals surface area contributed by atoms with Gasteiger partial charge in [-0.1, -0.05) is 32.9 Å². The third kappa shape index (κ3) is 4.48. The lowest BCUT2D eigenvalue weighted by Crippen LogP contribution is -2.34. The second kappa shape index (κ2) is 7.11. The molecule has 25 heavy (non-hydrogen) atoms. The molecular formula is C19H24N4O2. The average Bonchev–Trinajstić information content (AvgIpc) is 3.00. The van der Waals surface area contributed by atoms with Crippen LogP contribution in [-0.4, -0.2) is 34.2 Å². The monoisotopic (exact) mass is 340 g/mol. The molecule has 0 fully saturated rings. The molecule has 1 atom stereocenters. The first-order valence-electron chi connectivity index (χ1n) is 8.33. The van der Waals surface area contributed by atoms with Gasteiger partial charge in [-0.05, 0) is 29.2 Å². The van der Waals surface area contributed by atoms with Crippen LogP contribution in [0.1, 0.15) is 26.3 Å². The molecule has 6 heteroatoms. The summed E-state index contributed by atoms with van der Waals surface area (Å²) in [7, 11) is 0. The summed E-state index contributed by atoms with van der Waals surface area (Å²) in [6.07, 6.45) is 3.56. The molecule has 0 saturated heterocycles. The highest BCUT2D eigenvalue weighted by atomic mass is 16.5. The SMILES string of the molecule is CC(C)(C)c1cncc(OC[C@@H](N)COc2nc3ccccc3[nH]2)c1. The first-order valence-corrected chi connectivity index (χ1v) is 8.33. The van der Waals surface area contributed by atoms with Crippen LogP contribution in [0, 0.1) is 0 Å². The molecule has 3 rings (SSSR count). The molecule has 0 aliphatic heterocycles. The zero-order valence-corrected chi connectivity index (χ0v) is 14.8. The third-order valence-corrected chi connectivity index (χ3v) is 3.85. The number of hydrogen-bond acceptors (Lipinski definition) is 5. The van der Waals surface area contributed by atoms with Crippen LogP contribution in [0.5, 0.6) is 11.8 Å². The van der Waals surface area contributed by atoms with E-state index in [9.17, 15) is 0 Å². The summed E-state index contributed by atoms with van der Waals surface area (Å²) in [4.78, 5) is 11.7. The normalized spacial score (nSPS) is 13.0. The summed E-state index contributed by atoms with van der Waals surface area (Å²) in [5.41, 5.74) is 9.03. The van der Waals surface area contributed by atoms with Gasteiger partial charge in [-0.25, -0.2) is 0 Å². The molecule has 2 heterocycles. The molecule has 0 radical (unpaired) electrons. The maximum Gasteiger partial charge on any atom is 0.294 e. The predicted molar refractivity (Wildman–Crippen MR) is 98.0 cm³/mol. The molecule has 0 amide bonds. The lowest BCUT2D eigenvalue weighted by Gasteiger charge is -2.19. The zero-order chi connectivity index (χ0) is 17.9.